The molecule has 0 spiro atoms. The second kappa shape index (κ2) is 5.59. The van der Waals surface area contributed by atoms with Crippen LogP contribution in [0, 0.1) is 0 Å². The van der Waals surface area contributed by atoms with Crippen molar-refractivity contribution < 1.29 is 0 Å². The average molecular weight is 272 g/mol. The monoisotopic (exact) mass is 271 g/mol. The van der Waals surface area contributed by atoms with Gasteiger partial charge in [0.05, 0.1) is 0 Å². The molecule has 0 radical (unpaired) electrons. The van der Waals surface area contributed by atoms with E-state index in [1.807, 2.05) is 25.1 Å². The highest BCUT2D eigenvalue weighted by molar-refractivity contribution is 9.10. The molecule has 1 rings (SSSR count). The van der Waals surface area contributed by atoms with Gasteiger partial charge in [0, 0.05) is 21.2 Å². The van der Waals surface area contributed by atoms with Crippen molar-refractivity contribution in [2.24, 2.45) is 5.73 Å². The molecule has 2 N–H and O–H groups in total. The van der Waals surface area contributed by atoms with Gasteiger partial charge in [-0.15, -0.1) is 11.8 Å². The van der Waals surface area contributed by atoms with Crippen LogP contribution in [0.3, 0.4) is 0 Å². The van der Waals surface area contributed by atoms with E-state index in [0.29, 0.717) is 0 Å². The lowest BCUT2D eigenvalue weighted by Gasteiger charge is -2.11. The van der Waals surface area contributed by atoms with Gasteiger partial charge in [0.1, 0.15) is 0 Å². The molecular formula is C11H14BrNS. The highest BCUT2D eigenvalue weighted by atomic mass is 79.9. The smallest absolute Gasteiger partial charge is 0.0343 e. The van der Waals surface area contributed by atoms with E-state index in [1.165, 1.54) is 4.90 Å². The summed E-state index contributed by atoms with van der Waals surface area (Å²) in [4.78, 5) is 1.23. The van der Waals surface area contributed by atoms with Gasteiger partial charge in [-0.3, -0.25) is 0 Å². The van der Waals surface area contributed by atoms with Crippen LogP contribution in [0.15, 0.2) is 45.8 Å². The second-order valence-electron chi connectivity index (χ2n) is 3.19. The van der Waals surface area contributed by atoms with E-state index < -0.39 is 0 Å². The van der Waals surface area contributed by atoms with Crippen LogP contribution in [0.1, 0.15) is 6.92 Å². The minimum absolute atomic E-state index is 0.0760. The van der Waals surface area contributed by atoms with E-state index >= 15 is 0 Å². The number of rotatable bonds is 4. The zero-order valence-electron chi connectivity index (χ0n) is 8.16. The third kappa shape index (κ3) is 3.48. The van der Waals surface area contributed by atoms with Gasteiger partial charge in [-0.2, -0.15) is 0 Å². The molecule has 0 aliphatic carbocycles. The predicted octanol–water partition coefficient (Wildman–Crippen LogP) is 3.44. The zero-order valence-corrected chi connectivity index (χ0v) is 10.6. The summed E-state index contributed by atoms with van der Waals surface area (Å²) >= 11 is 5.25. The lowest BCUT2D eigenvalue weighted by Crippen LogP contribution is -2.23. The molecule has 0 aliphatic rings. The Labute approximate surface area is 97.9 Å². The fraction of sp³-hybridized carbons (Fsp3) is 0.273. The van der Waals surface area contributed by atoms with E-state index in [1.54, 1.807) is 11.8 Å². The Balaban J connectivity index is 2.54. The van der Waals surface area contributed by atoms with Crippen molar-refractivity contribution in [3.05, 3.63) is 40.9 Å². The maximum Gasteiger partial charge on any atom is 0.0343 e. The number of benzene rings is 1. The predicted molar refractivity (Wildman–Crippen MR) is 67.7 cm³/mol. The summed E-state index contributed by atoms with van der Waals surface area (Å²) in [6.07, 6.45) is 0. The van der Waals surface area contributed by atoms with Crippen molar-refractivity contribution in [1.29, 1.82) is 0 Å². The molecule has 0 heterocycles. The van der Waals surface area contributed by atoms with Crippen LogP contribution in [0.5, 0.6) is 0 Å². The first-order valence-electron chi connectivity index (χ1n) is 4.39. The molecule has 1 aromatic carbocycles. The number of halogens is 1. The molecule has 0 aromatic heterocycles. The lowest BCUT2D eigenvalue weighted by molar-refractivity contribution is 0.878. The molecular weight excluding hydrogens is 258 g/mol. The maximum atomic E-state index is 5.88. The van der Waals surface area contributed by atoms with Crippen molar-refractivity contribution in [1.82, 2.24) is 0 Å². The Kier molecular flexibility index (Phi) is 4.72. The van der Waals surface area contributed by atoms with Crippen molar-refractivity contribution in [2.75, 3.05) is 5.75 Å². The van der Waals surface area contributed by atoms with E-state index in [9.17, 15) is 0 Å². The van der Waals surface area contributed by atoms with Crippen LogP contribution < -0.4 is 5.73 Å². The Hall–Kier alpha value is -0.250. The third-order valence-corrected chi connectivity index (χ3v) is 4.03. The summed E-state index contributed by atoms with van der Waals surface area (Å²) in [6, 6.07) is 8.23. The Morgan fingerprint density at radius 2 is 2.21 bits per heavy atom. The first kappa shape index (κ1) is 11.8. The normalized spacial score (nSPS) is 12.5. The highest BCUT2D eigenvalue weighted by Gasteiger charge is 2.05. The van der Waals surface area contributed by atoms with Crippen LogP contribution >= 0.6 is 27.7 Å². The molecule has 1 unspecified atom stereocenters. The average Bonchev–Trinajstić information content (AvgIpc) is 2.16. The molecule has 76 valence electrons. The number of thioether (sulfide) groups is 1. The zero-order chi connectivity index (χ0) is 10.6. The van der Waals surface area contributed by atoms with Gasteiger partial charge in [0.15, 0.2) is 0 Å². The first-order chi connectivity index (χ1) is 6.61. The van der Waals surface area contributed by atoms with Crippen LogP contribution in [0.4, 0.5) is 0 Å². The molecule has 0 saturated heterocycles. The summed E-state index contributed by atoms with van der Waals surface area (Å²) in [5, 5.41) is 0. The molecule has 0 amide bonds. The molecule has 0 saturated carbocycles. The van der Waals surface area contributed by atoms with E-state index in [4.69, 9.17) is 5.73 Å². The summed E-state index contributed by atoms with van der Waals surface area (Å²) < 4.78 is 1.12. The van der Waals surface area contributed by atoms with E-state index in [0.717, 1.165) is 15.8 Å². The first-order valence-corrected chi connectivity index (χ1v) is 6.17. The van der Waals surface area contributed by atoms with Gasteiger partial charge in [-0.05, 0) is 35.0 Å². The Morgan fingerprint density at radius 3 is 2.79 bits per heavy atom. The number of nitrogens with two attached hydrogens (primary N) is 1. The number of hydrogen-bond donors (Lipinski definition) is 1. The van der Waals surface area contributed by atoms with Crippen molar-refractivity contribution in [3.63, 3.8) is 0 Å². The van der Waals surface area contributed by atoms with Crippen LogP contribution in [0.2, 0.25) is 0 Å². The minimum Gasteiger partial charge on any atom is -0.324 e. The summed E-state index contributed by atoms with van der Waals surface area (Å²) in [7, 11) is 0. The third-order valence-electron chi connectivity index (χ3n) is 1.89. The van der Waals surface area contributed by atoms with Gasteiger partial charge in [-0.1, -0.05) is 24.3 Å². The molecule has 14 heavy (non-hydrogen) atoms. The highest BCUT2D eigenvalue weighted by Crippen LogP contribution is 2.27. The largest absolute Gasteiger partial charge is 0.324 e. The van der Waals surface area contributed by atoms with Crippen LogP contribution in [-0.4, -0.2) is 11.8 Å². The SMILES string of the molecule is C=C(C)C(N)CSc1ccccc1Br. The molecule has 1 nitrogen and oxygen atoms in total. The van der Waals surface area contributed by atoms with Crippen LogP contribution in [-0.2, 0) is 0 Å². The van der Waals surface area contributed by atoms with Crippen molar-refractivity contribution in [2.45, 2.75) is 17.9 Å². The van der Waals surface area contributed by atoms with E-state index in [-0.39, 0.29) is 6.04 Å². The van der Waals surface area contributed by atoms with Gasteiger partial charge in [-0.25, -0.2) is 0 Å². The standard InChI is InChI=1S/C11H14BrNS/c1-8(2)10(13)7-14-11-6-4-3-5-9(11)12/h3-6,10H,1,7,13H2,2H3. The summed E-state index contributed by atoms with van der Waals surface area (Å²) in [5.74, 6) is 0.873. The fourth-order valence-electron chi connectivity index (χ4n) is 0.884. The molecule has 1 aromatic rings. The quantitative estimate of drug-likeness (QED) is 0.671. The van der Waals surface area contributed by atoms with E-state index in [2.05, 4.69) is 28.6 Å². The van der Waals surface area contributed by atoms with Gasteiger partial charge in [0.2, 0.25) is 0 Å². The van der Waals surface area contributed by atoms with Gasteiger partial charge in [0.25, 0.3) is 0 Å². The molecule has 0 aliphatic heterocycles. The Morgan fingerprint density at radius 1 is 1.57 bits per heavy atom. The number of hydrogen-bond acceptors (Lipinski definition) is 2. The Bertz CT molecular complexity index is 325. The lowest BCUT2D eigenvalue weighted by atomic mass is 10.2. The van der Waals surface area contributed by atoms with Crippen molar-refractivity contribution >= 4 is 27.7 Å². The van der Waals surface area contributed by atoms with Crippen LogP contribution in [0.25, 0.3) is 0 Å². The van der Waals surface area contributed by atoms with Gasteiger partial charge >= 0.3 is 0 Å². The maximum absolute atomic E-state index is 5.88. The molecule has 0 fully saturated rings. The second-order valence-corrected chi connectivity index (χ2v) is 5.11. The fourth-order valence-corrected chi connectivity index (χ4v) is 2.54. The van der Waals surface area contributed by atoms with Crippen molar-refractivity contribution in [3.8, 4) is 0 Å². The molecule has 1 atom stereocenters. The minimum atomic E-state index is 0.0760. The topological polar surface area (TPSA) is 26.0 Å². The summed E-state index contributed by atoms with van der Waals surface area (Å²) in [5.41, 5.74) is 6.91. The molecule has 3 heteroatoms. The molecule has 0 bridgehead atoms. The summed E-state index contributed by atoms with van der Waals surface area (Å²) in [6.45, 7) is 5.80. The van der Waals surface area contributed by atoms with Gasteiger partial charge < -0.3 is 5.73 Å².